The van der Waals surface area contributed by atoms with Gasteiger partial charge in [-0.25, -0.2) is 9.07 Å². The molecule has 0 spiro atoms. The molecule has 1 fully saturated rings. The van der Waals surface area contributed by atoms with Crippen LogP contribution < -0.4 is 11.1 Å². The van der Waals surface area contributed by atoms with Gasteiger partial charge in [0.2, 0.25) is 0 Å². The van der Waals surface area contributed by atoms with E-state index < -0.39 is 5.82 Å². The fourth-order valence-electron chi connectivity index (χ4n) is 3.31. The average molecular weight is 383 g/mol. The van der Waals surface area contributed by atoms with Crippen molar-refractivity contribution in [1.29, 1.82) is 0 Å². The van der Waals surface area contributed by atoms with Crippen molar-refractivity contribution in [3.05, 3.63) is 54.0 Å². The maximum absolute atomic E-state index is 13.9. The lowest BCUT2D eigenvalue weighted by Crippen LogP contribution is -2.41. The predicted octanol–water partition coefficient (Wildman–Crippen LogP) is 1.81. The Bertz CT molecular complexity index is 997. The molecule has 2 aromatic carbocycles. The minimum Gasteiger partial charge on any atom is -0.396 e. The second kappa shape index (κ2) is 7.95. The summed E-state index contributed by atoms with van der Waals surface area (Å²) in [5, 5.41) is 8.00. The van der Waals surface area contributed by atoms with Crippen LogP contribution in [0, 0.1) is 5.82 Å². The summed E-state index contributed by atoms with van der Waals surface area (Å²) in [5.41, 5.74) is 7.51. The molecule has 0 radical (unpaired) electrons. The van der Waals surface area contributed by atoms with Crippen LogP contribution in [0.1, 0.15) is 10.4 Å². The van der Waals surface area contributed by atoms with E-state index >= 15 is 0 Å². The van der Waals surface area contributed by atoms with Gasteiger partial charge in [-0.1, -0.05) is 6.07 Å². The number of amides is 1. The first kappa shape index (κ1) is 18.4. The third-order valence-corrected chi connectivity index (χ3v) is 4.86. The number of aromatic nitrogens is 2. The third-order valence-electron chi connectivity index (χ3n) is 4.86. The van der Waals surface area contributed by atoms with Crippen LogP contribution in [0.4, 0.5) is 10.1 Å². The summed E-state index contributed by atoms with van der Waals surface area (Å²) < 4.78 is 20.8. The molecular formula is C20H22FN5O2. The molecule has 1 aliphatic heterocycles. The molecule has 1 saturated heterocycles. The number of carbonyl (C=O) groups is 1. The number of fused-ring (bicyclic) bond motifs is 1. The quantitative estimate of drug-likeness (QED) is 0.657. The topological polar surface area (TPSA) is 85.4 Å². The second-order valence-electron chi connectivity index (χ2n) is 6.75. The van der Waals surface area contributed by atoms with E-state index in [1.54, 1.807) is 35.1 Å². The zero-order chi connectivity index (χ0) is 19.5. The van der Waals surface area contributed by atoms with Crippen LogP contribution in [0.5, 0.6) is 0 Å². The molecule has 1 aromatic heterocycles. The van der Waals surface area contributed by atoms with E-state index in [-0.39, 0.29) is 11.6 Å². The summed E-state index contributed by atoms with van der Waals surface area (Å²) in [4.78, 5) is 14.8. The Kier molecular flexibility index (Phi) is 5.23. The van der Waals surface area contributed by atoms with Gasteiger partial charge in [-0.2, -0.15) is 5.10 Å². The minimum atomic E-state index is -0.494. The highest BCUT2D eigenvalue weighted by Gasteiger charge is 2.13. The Morgan fingerprint density at radius 1 is 1.25 bits per heavy atom. The first-order chi connectivity index (χ1) is 13.6. The lowest BCUT2D eigenvalue weighted by Gasteiger charge is -2.26. The molecule has 0 bridgehead atoms. The van der Waals surface area contributed by atoms with Crippen molar-refractivity contribution in [3.8, 4) is 5.69 Å². The van der Waals surface area contributed by atoms with Gasteiger partial charge < -0.3 is 15.8 Å². The summed E-state index contributed by atoms with van der Waals surface area (Å²) >= 11 is 0. The normalized spacial score (nSPS) is 15.0. The van der Waals surface area contributed by atoms with Gasteiger partial charge >= 0.3 is 0 Å². The van der Waals surface area contributed by atoms with Crippen LogP contribution in [0.3, 0.4) is 0 Å². The minimum absolute atomic E-state index is 0.0837. The van der Waals surface area contributed by atoms with Gasteiger partial charge in [0.15, 0.2) is 0 Å². The Labute approximate surface area is 161 Å². The van der Waals surface area contributed by atoms with Crippen molar-refractivity contribution >= 4 is 22.5 Å². The van der Waals surface area contributed by atoms with Crippen LogP contribution in [0.15, 0.2) is 42.6 Å². The number of nitrogens with two attached hydrogens (primary N) is 1. The molecule has 3 aromatic rings. The van der Waals surface area contributed by atoms with Crippen LogP contribution in [-0.4, -0.2) is 60.0 Å². The molecule has 1 amide bonds. The smallest absolute Gasteiger partial charge is 0.251 e. The van der Waals surface area contributed by atoms with Crippen LogP contribution in [-0.2, 0) is 4.74 Å². The largest absolute Gasteiger partial charge is 0.396 e. The van der Waals surface area contributed by atoms with Gasteiger partial charge in [0, 0.05) is 43.2 Å². The molecular weight excluding hydrogens is 361 g/mol. The molecule has 7 nitrogen and oxygen atoms in total. The number of ether oxygens (including phenoxy) is 1. The monoisotopic (exact) mass is 383 g/mol. The number of anilines is 1. The standard InChI is InChI=1S/C20H22FN5O2/c21-17-12-19-15(11-18(17)22)13-24-26(19)16-3-1-2-14(10-16)20(27)23-4-5-25-6-8-28-9-7-25/h1-3,10-13H,4-9,22H2,(H,23,27). The van der Waals surface area contributed by atoms with Crippen molar-refractivity contribution in [2.24, 2.45) is 0 Å². The first-order valence-corrected chi connectivity index (χ1v) is 9.23. The van der Waals surface area contributed by atoms with Crippen molar-refractivity contribution in [2.45, 2.75) is 0 Å². The summed E-state index contributed by atoms with van der Waals surface area (Å²) in [6.45, 7) is 4.61. The molecule has 0 aliphatic carbocycles. The van der Waals surface area contributed by atoms with Gasteiger partial charge in [0.25, 0.3) is 5.91 Å². The SMILES string of the molecule is Nc1cc2cnn(-c3cccc(C(=O)NCCN4CCOCC4)c3)c2cc1F. The van der Waals surface area contributed by atoms with Crippen LogP contribution in [0.2, 0.25) is 0 Å². The molecule has 0 atom stereocenters. The maximum atomic E-state index is 13.9. The lowest BCUT2D eigenvalue weighted by atomic mass is 10.1. The number of morpholine rings is 1. The number of nitrogens with one attached hydrogen (secondary N) is 1. The highest BCUT2D eigenvalue weighted by molar-refractivity contribution is 5.95. The van der Waals surface area contributed by atoms with Crippen LogP contribution in [0.25, 0.3) is 16.6 Å². The highest BCUT2D eigenvalue weighted by Crippen LogP contribution is 2.23. The Morgan fingerprint density at radius 2 is 2.07 bits per heavy atom. The van der Waals surface area contributed by atoms with Gasteiger partial charge in [-0.3, -0.25) is 9.69 Å². The van der Waals surface area contributed by atoms with E-state index in [4.69, 9.17) is 10.5 Å². The van der Waals surface area contributed by atoms with Crippen LogP contribution >= 0.6 is 0 Å². The number of hydrogen-bond acceptors (Lipinski definition) is 5. The van der Waals surface area contributed by atoms with Gasteiger partial charge in [0.05, 0.1) is 36.3 Å². The summed E-state index contributed by atoms with van der Waals surface area (Å²) in [6, 6.07) is 10.0. The number of hydrogen-bond donors (Lipinski definition) is 2. The zero-order valence-electron chi connectivity index (χ0n) is 15.4. The molecule has 2 heterocycles. The number of nitrogen functional groups attached to an aromatic ring is 1. The first-order valence-electron chi connectivity index (χ1n) is 9.23. The number of rotatable bonds is 5. The van der Waals surface area contributed by atoms with E-state index in [1.807, 2.05) is 6.07 Å². The van der Waals surface area contributed by atoms with Crippen molar-refractivity contribution < 1.29 is 13.9 Å². The van der Waals surface area contributed by atoms with E-state index in [0.29, 0.717) is 23.3 Å². The van der Waals surface area contributed by atoms with E-state index in [2.05, 4.69) is 15.3 Å². The van der Waals surface area contributed by atoms with Gasteiger partial charge in [-0.05, 0) is 24.3 Å². The van der Waals surface area contributed by atoms with Crippen molar-refractivity contribution in [3.63, 3.8) is 0 Å². The molecule has 0 saturated carbocycles. The Hall–Kier alpha value is -2.97. The van der Waals surface area contributed by atoms with E-state index in [1.165, 1.54) is 6.07 Å². The Morgan fingerprint density at radius 3 is 2.89 bits per heavy atom. The molecule has 8 heteroatoms. The second-order valence-corrected chi connectivity index (χ2v) is 6.75. The number of carbonyl (C=O) groups excluding carboxylic acids is 1. The third kappa shape index (κ3) is 3.83. The van der Waals surface area contributed by atoms with Gasteiger partial charge in [-0.15, -0.1) is 0 Å². The van der Waals surface area contributed by atoms with Crippen molar-refractivity contribution in [1.82, 2.24) is 20.0 Å². The van der Waals surface area contributed by atoms with Gasteiger partial charge in [0.1, 0.15) is 5.82 Å². The molecule has 0 unspecified atom stereocenters. The Balaban J connectivity index is 1.48. The zero-order valence-corrected chi connectivity index (χ0v) is 15.4. The predicted molar refractivity (Wildman–Crippen MR) is 105 cm³/mol. The fourth-order valence-corrected chi connectivity index (χ4v) is 3.31. The maximum Gasteiger partial charge on any atom is 0.251 e. The molecule has 1 aliphatic rings. The molecule has 4 rings (SSSR count). The number of benzene rings is 2. The highest BCUT2D eigenvalue weighted by atomic mass is 19.1. The van der Waals surface area contributed by atoms with Crippen molar-refractivity contribution in [2.75, 3.05) is 45.1 Å². The molecule has 28 heavy (non-hydrogen) atoms. The number of halogens is 1. The number of nitrogens with zero attached hydrogens (tertiary/aromatic N) is 3. The summed E-state index contributed by atoms with van der Waals surface area (Å²) in [5.74, 6) is -0.645. The molecule has 146 valence electrons. The van der Waals surface area contributed by atoms with E-state index in [0.717, 1.165) is 38.2 Å². The lowest BCUT2D eigenvalue weighted by molar-refractivity contribution is 0.0383. The average Bonchev–Trinajstić information content (AvgIpc) is 3.11. The summed E-state index contributed by atoms with van der Waals surface area (Å²) in [6.07, 6.45) is 1.63. The fraction of sp³-hybridized carbons (Fsp3) is 0.300. The molecule has 3 N–H and O–H groups in total. The summed E-state index contributed by atoms with van der Waals surface area (Å²) in [7, 11) is 0. The van der Waals surface area contributed by atoms with E-state index in [9.17, 15) is 9.18 Å².